The molecule has 2 nitrogen and oxygen atoms in total. The molecule has 4 heteroatoms. The minimum absolute atomic E-state index is 0.0647. The Labute approximate surface area is 117 Å². The van der Waals surface area contributed by atoms with Crippen LogP contribution in [0.1, 0.15) is 23.6 Å². The average Bonchev–Trinajstić information content (AvgIpc) is 2.73. The Balaban J connectivity index is 1.95. The van der Waals surface area contributed by atoms with Gasteiger partial charge in [-0.05, 0) is 26.0 Å². The van der Waals surface area contributed by atoms with Crippen molar-refractivity contribution in [2.24, 2.45) is 0 Å². The van der Waals surface area contributed by atoms with Crippen molar-refractivity contribution >= 4 is 23.1 Å². The van der Waals surface area contributed by atoms with Gasteiger partial charge >= 0.3 is 0 Å². The molecule has 2 rings (SSSR count). The van der Waals surface area contributed by atoms with Gasteiger partial charge in [0.2, 0.25) is 0 Å². The summed E-state index contributed by atoms with van der Waals surface area (Å²) in [5.41, 5.74) is 0. The quantitative estimate of drug-likeness (QED) is 0.842. The topological polar surface area (TPSA) is 23.5 Å². The summed E-state index contributed by atoms with van der Waals surface area (Å²) in [6, 6.07) is 4.20. The van der Waals surface area contributed by atoms with Crippen molar-refractivity contribution in [1.29, 1.82) is 0 Å². The molecule has 1 saturated heterocycles. The van der Waals surface area contributed by atoms with Crippen LogP contribution in [0.3, 0.4) is 0 Å². The zero-order chi connectivity index (χ0) is 13.0. The predicted octanol–water partition coefficient (Wildman–Crippen LogP) is 2.42. The fourth-order valence-electron chi connectivity index (χ4n) is 2.13. The summed E-state index contributed by atoms with van der Waals surface area (Å²) in [5, 5.41) is 8.67. The molecule has 1 aliphatic rings. The lowest BCUT2D eigenvalue weighted by molar-refractivity contribution is 0.254. The van der Waals surface area contributed by atoms with Crippen molar-refractivity contribution in [3.63, 3.8) is 0 Å². The molecule has 0 aliphatic carbocycles. The predicted molar refractivity (Wildman–Crippen MR) is 80.1 cm³/mol. The van der Waals surface area contributed by atoms with Gasteiger partial charge in [-0.25, -0.2) is 0 Å². The number of rotatable bonds is 2. The van der Waals surface area contributed by atoms with Gasteiger partial charge in [-0.2, -0.15) is 11.8 Å². The fraction of sp³-hybridized carbons (Fsp3) is 0.571. The second-order valence-electron chi connectivity index (χ2n) is 5.04. The van der Waals surface area contributed by atoms with Gasteiger partial charge in [0, 0.05) is 35.0 Å². The number of nitrogens with zero attached hydrogens (tertiary/aromatic N) is 1. The summed E-state index contributed by atoms with van der Waals surface area (Å²) in [5.74, 6) is 6.88. The molecule has 18 heavy (non-hydrogen) atoms. The smallest absolute Gasteiger partial charge is 0.104 e. The van der Waals surface area contributed by atoms with Crippen LogP contribution in [0.5, 0.6) is 0 Å². The highest BCUT2D eigenvalue weighted by Gasteiger charge is 2.26. The monoisotopic (exact) mass is 281 g/mol. The molecule has 1 fully saturated rings. The van der Waals surface area contributed by atoms with E-state index < -0.39 is 0 Å². The van der Waals surface area contributed by atoms with E-state index in [0.717, 1.165) is 18.0 Å². The molecular formula is C14H19NOS2. The van der Waals surface area contributed by atoms with Crippen molar-refractivity contribution in [3.05, 3.63) is 21.9 Å². The second kappa shape index (κ2) is 6.12. The molecule has 1 aromatic rings. The average molecular weight is 281 g/mol. The standard InChI is InChI=1S/C14H19NOS2/c1-14(2)11-15(7-9-17-14)10-13-6-5-12(18-13)4-3-8-16/h5-6,16H,7-11H2,1-2H3. The third kappa shape index (κ3) is 4.03. The van der Waals surface area contributed by atoms with Crippen LogP contribution in [0.2, 0.25) is 0 Å². The molecule has 0 unspecified atom stereocenters. The second-order valence-corrected chi connectivity index (χ2v) is 8.02. The molecule has 98 valence electrons. The van der Waals surface area contributed by atoms with E-state index in [2.05, 4.69) is 48.4 Å². The van der Waals surface area contributed by atoms with Crippen molar-refractivity contribution in [2.45, 2.75) is 25.1 Å². The van der Waals surface area contributed by atoms with Gasteiger partial charge in [-0.15, -0.1) is 11.3 Å². The first-order valence-electron chi connectivity index (χ1n) is 6.14. The summed E-state index contributed by atoms with van der Waals surface area (Å²) in [6.45, 7) is 7.91. The van der Waals surface area contributed by atoms with Crippen molar-refractivity contribution in [1.82, 2.24) is 4.90 Å². The number of thioether (sulfide) groups is 1. The highest BCUT2D eigenvalue weighted by Crippen LogP contribution is 2.30. The van der Waals surface area contributed by atoms with Gasteiger partial charge in [-0.1, -0.05) is 11.8 Å². The van der Waals surface area contributed by atoms with Crippen LogP contribution >= 0.6 is 23.1 Å². The summed E-state index contributed by atoms with van der Waals surface area (Å²) >= 11 is 3.80. The molecule has 0 atom stereocenters. The highest BCUT2D eigenvalue weighted by atomic mass is 32.2. The van der Waals surface area contributed by atoms with Crippen LogP contribution in [-0.4, -0.2) is 40.2 Å². The van der Waals surface area contributed by atoms with E-state index in [-0.39, 0.29) is 6.61 Å². The molecule has 0 radical (unpaired) electrons. The molecule has 0 aromatic carbocycles. The van der Waals surface area contributed by atoms with Crippen LogP contribution in [0.25, 0.3) is 0 Å². The first-order chi connectivity index (χ1) is 8.59. The van der Waals surface area contributed by atoms with Crippen molar-refractivity contribution < 1.29 is 5.11 Å². The number of thiophene rings is 1. The van der Waals surface area contributed by atoms with Crippen LogP contribution in [0.15, 0.2) is 12.1 Å². The maximum atomic E-state index is 8.67. The Morgan fingerprint density at radius 1 is 1.44 bits per heavy atom. The van der Waals surface area contributed by atoms with Gasteiger partial charge in [0.15, 0.2) is 0 Å². The van der Waals surface area contributed by atoms with Crippen LogP contribution in [0.4, 0.5) is 0 Å². The number of aliphatic hydroxyl groups is 1. The van der Waals surface area contributed by atoms with E-state index in [0.29, 0.717) is 4.75 Å². The lowest BCUT2D eigenvalue weighted by Crippen LogP contribution is -2.42. The summed E-state index contributed by atoms with van der Waals surface area (Å²) in [7, 11) is 0. The van der Waals surface area contributed by atoms with Crippen LogP contribution in [-0.2, 0) is 6.54 Å². The summed E-state index contributed by atoms with van der Waals surface area (Å²) in [6.07, 6.45) is 0. The third-order valence-electron chi connectivity index (χ3n) is 2.84. The van der Waals surface area contributed by atoms with Crippen molar-refractivity contribution in [3.8, 4) is 11.8 Å². The zero-order valence-corrected chi connectivity index (χ0v) is 12.5. The van der Waals surface area contributed by atoms with Crippen LogP contribution < -0.4 is 0 Å². The fourth-order valence-corrected chi connectivity index (χ4v) is 4.23. The van der Waals surface area contributed by atoms with Gasteiger partial charge in [-0.3, -0.25) is 4.90 Å². The normalized spacial score (nSPS) is 19.3. The number of hydrogen-bond donors (Lipinski definition) is 1. The first kappa shape index (κ1) is 14.0. The Morgan fingerprint density at radius 2 is 2.28 bits per heavy atom. The molecule has 0 spiro atoms. The Bertz CT molecular complexity index is 456. The molecule has 1 N–H and O–H groups in total. The largest absolute Gasteiger partial charge is 0.384 e. The maximum Gasteiger partial charge on any atom is 0.104 e. The van der Waals surface area contributed by atoms with E-state index in [1.807, 2.05) is 6.07 Å². The SMILES string of the molecule is CC1(C)CN(Cc2ccc(C#CCO)s2)CCS1. The number of aliphatic hydroxyl groups excluding tert-OH is 1. The Morgan fingerprint density at radius 3 is 3.00 bits per heavy atom. The van der Waals surface area contributed by atoms with Gasteiger partial charge in [0.25, 0.3) is 0 Å². The van der Waals surface area contributed by atoms with Gasteiger partial charge in [0.1, 0.15) is 6.61 Å². The van der Waals surface area contributed by atoms with Crippen molar-refractivity contribution in [2.75, 3.05) is 25.4 Å². The minimum Gasteiger partial charge on any atom is -0.384 e. The summed E-state index contributed by atoms with van der Waals surface area (Å²) < 4.78 is 0.370. The van der Waals surface area contributed by atoms with Gasteiger partial charge in [0.05, 0.1) is 4.88 Å². The molecular weight excluding hydrogens is 262 g/mol. The van der Waals surface area contributed by atoms with E-state index in [1.54, 1.807) is 11.3 Å². The van der Waals surface area contributed by atoms with Gasteiger partial charge < -0.3 is 5.11 Å². The van der Waals surface area contributed by atoms with E-state index in [9.17, 15) is 0 Å². The maximum absolute atomic E-state index is 8.67. The molecule has 0 amide bonds. The third-order valence-corrected chi connectivity index (χ3v) is 5.12. The molecule has 0 saturated carbocycles. The molecule has 1 aliphatic heterocycles. The van der Waals surface area contributed by atoms with E-state index in [1.165, 1.54) is 17.2 Å². The van der Waals surface area contributed by atoms with Crippen LogP contribution in [0, 0.1) is 11.8 Å². The molecule has 1 aromatic heterocycles. The highest BCUT2D eigenvalue weighted by molar-refractivity contribution is 8.00. The molecule has 2 heterocycles. The Kier molecular flexibility index (Phi) is 4.74. The Hall–Kier alpha value is -0.470. The van der Waals surface area contributed by atoms with E-state index >= 15 is 0 Å². The number of hydrogen-bond acceptors (Lipinski definition) is 4. The summed E-state index contributed by atoms with van der Waals surface area (Å²) in [4.78, 5) is 4.93. The molecule has 0 bridgehead atoms. The zero-order valence-electron chi connectivity index (χ0n) is 10.9. The lowest BCUT2D eigenvalue weighted by atomic mass is 10.2. The van der Waals surface area contributed by atoms with E-state index in [4.69, 9.17) is 5.11 Å². The minimum atomic E-state index is -0.0647. The first-order valence-corrected chi connectivity index (χ1v) is 7.94. The lowest BCUT2D eigenvalue weighted by Gasteiger charge is -2.37.